The van der Waals surface area contributed by atoms with Gasteiger partial charge in [0, 0.05) is 0 Å². The maximum atomic E-state index is 12.4. The molecule has 1 aliphatic heterocycles. The van der Waals surface area contributed by atoms with Crippen LogP contribution >= 0.6 is 12.4 Å². The molecule has 1 saturated heterocycles. The number of rotatable bonds is 5. The summed E-state index contributed by atoms with van der Waals surface area (Å²) in [6.07, 6.45) is 3.23. The Bertz CT molecular complexity index is 551. The molecule has 0 spiro atoms. The van der Waals surface area contributed by atoms with Crippen LogP contribution in [0.15, 0.2) is 0 Å². The number of amides is 1. The van der Waals surface area contributed by atoms with E-state index in [9.17, 15) is 4.79 Å². The Labute approximate surface area is 165 Å². The van der Waals surface area contributed by atoms with Gasteiger partial charge in [0.25, 0.3) is 0 Å². The molecule has 0 aromatic heterocycles. The number of halogens is 1. The minimum absolute atomic E-state index is 0. The predicted octanol–water partition coefficient (Wildman–Crippen LogP) is 2.94. The van der Waals surface area contributed by atoms with E-state index >= 15 is 0 Å². The van der Waals surface area contributed by atoms with Crippen LogP contribution in [-0.2, 0) is 14.1 Å². The molecule has 5 atom stereocenters. The normalized spacial score (nSPS) is 36.0. The molecule has 4 fully saturated rings. The van der Waals surface area contributed by atoms with Gasteiger partial charge >= 0.3 is 7.12 Å². The van der Waals surface area contributed by atoms with Crippen LogP contribution in [0.3, 0.4) is 0 Å². The van der Waals surface area contributed by atoms with Crippen molar-refractivity contribution < 1.29 is 14.1 Å². The van der Waals surface area contributed by atoms with E-state index in [4.69, 9.17) is 15.0 Å². The number of hydrogen-bond donors (Lipinski definition) is 2. The SMILES string of the molecule is CC(C)CC(NC(=O)C(C)(C)N)B1OC2CC3CC(C3(C)C)C2(C)O1.Cl. The molecule has 1 amide bonds. The third kappa shape index (κ3) is 3.55. The molecule has 1 heterocycles. The molecule has 0 aromatic rings. The fourth-order valence-corrected chi connectivity index (χ4v) is 5.17. The van der Waals surface area contributed by atoms with E-state index in [2.05, 4.69) is 39.9 Å². The summed E-state index contributed by atoms with van der Waals surface area (Å²) < 4.78 is 12.9. The molecule has 4 rings (SSSR count). The average molecular weight is 387 g/mol. The zero-order chi connectivity index (χ0) is 18.8. The first-order chi connectivity index (χ1) is 11.4. The first-order valence-corrected chi connectivity index (χ1v) is 9.78. The van der Waals surface area contributed by atoms with Crippen LogP contribution in [-0.4, -0.2) is 36.2 Å². The summed E-state index contributed by atoms with van der Waals surface area (Å²) in [5, 5.41) is 3.09. The monoisotopic (exact) mass is 386 g/mol. The smallest absolute Gasteiger partial charge is 0.404 e. The van der Waals surface area contributed by atoms with Crippen molar-refractivity contribution in [2.24, 2.45) is 28.9 Å². The molecule has 4 aliphatic rings. The standard InChI is InChI=1S/C19H35BN2O3.ClH/c1-11(2)8-15(22-16(23)18(5,6)21)20-24-14-10-12-9-13(17(12,3)4)19(14,7)25-20;/h11-15H,8-10,21H2,1-7H3,(H,22,23);1H. The van der Waals surface area contributed by atoms with Crippen LogP contribution in [0.5, 0.6) is 0 Å². The highest BCUT2D eigenvalue weighted by molar-refractivity contribution is 6.48. The topological polar surface area (TPSA) is 73.6 Å². The minimum Gasteiger partial charge on any atom is -0.404 e. The van der Waals surface area contributed by atoms with Gasteiger partial charge in [-0.1, -0.05) is 27.7 Å². The summed E-state index contributed by atoms with van der Waals surface area (Å²) in [6.45, 7) is 14.7. The van der Waals surface area contributed by atoms with Crippen molar-refractivity contribution in [3.05, 3.63) is 0 Å². The molecule has 150 valence electrons. The number of carbonyl (C=O) groups is 1. The quantitative estimate of drug-likeness (QED) is 0.712. The van der Waals surface area contributed by atoms with Crippen molar-refractivity contribution in [2.45, 2.75) is 90.9 Å². The van der Waals surface area contributed by atoms with Gasteiger partial charge in [-0.05, 0) is 63.2 Å². The molecule has 0 aromatic carbocycles. The summed E-state index contributed by atoms with van der Waals surface area (Å²) in [4.78, 5) is 12.4. The van der Waals surface area contributed by atoms with Crippen molar-refractivity contribution in [3.63, 3.8) is 0 Å². The number of hydrogen-bond acceptors (Lipinski definition) is 4. The molecular formula is C19H36BClN2O3. The number of nitrogens with one attached hydrogen (secondary N) is 1. The Morgan fingerprint density at radius 3 is 2.42 bits per heavy atom. The molecule has 7 heteroatoms. The van der Waals surface area contributed by atoms with E-state index in [1.54, 1.807) is 13.8 Å². The lowest BCUT2D eigenvalue weighted by Gasteiger charge is -2.64. The lowest BCUT2D eigenvalue weighted by atomic mass is 9.43. The molecule has 26 heavy (non-hydrogen) atoms. The van der Waals surface area contributed by atoms with E-state index in [1.165, 1.54) is 6.42 Å². The van der Waals surface area contributed by atoms with Crippen LogP contribution in [0.2, 0.25) is 0 Å². The second-order valence-electron chi connectivity index (χ2n) is 10.3. The van der Waals surface area contributed by atoms with Gasteiger partial charge in [-0.15, -0.1) is 12.4 Å². The Morgan fingerprint density at radius 2 is 1.92 bits per heavy atom. The molecule has 3 saturated carbocycles. The van der Waals surface area contributed by atoms with Crippen LogP contribution in [0.25, 0.3) is 0 Å². The summed E-state index contributed by atoms with van der Waals surface area (Å²) in [7, 11) is -0.390. The first kappa shape index (κ1) is 22.0. The van der Waals surface area contributed by atoms with E-state index in [0.717, 1.165) is 18.8 Å². The van der Waals surface area contributed by atoms with Crippen LogP contribution in [0, 0.1) is 23.2 Å². The van der Waals surface area contributed by atoms with E-state index in [1.807, 2.05) is 0 Å². The van der Waals surface area contributed by atoms with Crippen molar-refractivity contribution in [1.29, 1.82) is 0 Å². The Morgan fingerprint density at radius 1 is 1.31 bits per heavy atom. The zero-order valence-corrected chi connectivity index (χ0v) is 18.1. The maximum absolute atomic E-state index is 12.4. The van der Waals surface area contributed by atoms with E-state index in [-0.39, 0.29) is 43.1 Å². The van der Waals surface area contributed by atoms with Crippen molar-refractivity contribution in [3.8, 4) is 0 Å². The maximum Gasteiger partial charge on any atom is 0.481 e. The van der Waals surface area contributed by atoms with Crippen molar-refractivity contribution in [2.75, 3.05) is 0 Å². The predicted molar refractivity (Wildman–Crippen MR) is 107 cm³/mol. The van der Waals surface area contributed by atoms with Crippen LogP contribution < -0.4 is 11.1 Å². The highest BCUT2D eigenvalue weighted by Crippen LogP contribution is 2.65. The van der Waals surface area contributed by atoms with Gasteiger partial charge in [0.1, 0.15) is 0 Å². The molecule has 3 aliphatic carbocycles. The van der Waals surface area contributed by atoms with Gasteiger partial charge in [-0.2, -0.15) is 0 Å². The zero-order valence-electron chi connectivity index (χ0n) is 17.3. The summed E-state index contributed by atoms with van der Waals surface area (Å²) in [5.74, 6) is 1.35. The number of carbonyl (C=O) groups excluding carboxylic acids is 1. The highest BCUT2D eigenvalue weighted by atomic mass is 35.5. The molecule has 0 radical (unpaired) electrons. The third-order valence-corrected chi connectivity index (χ3v) is 6.92. The second-order valence-corrected chi connectivity index (χ2v) is 10.3. The minimum atomic E-state index is -0.909. The molecule has 2 bridgehead atoms. The van der Waals surface area contributed by atoms with Gasteiger partial charge in [-0.25, -0.2) is 0 Å². The van der Waals surface area contributed by atoms with Crippen LogP contribution in [0.4, 0.5) is 0 Å². The Kier molecular flexibility index (Phi) is 5.88. The van der Waals surface area contributed by atoms with Gasteiger partial charge in [0.2, 0.25) is 5.91 Å². The van der Waals surface area contributed by atoms with E-state index < -0.39 is 5.54 Å². The lowest BCUT2D eigenvalue weighted by molar-refractivity contribution is -0.199. The van der Waals surface area contributed by atoms with Crippen molar-refractivity contribution in [1.82, 2.24) is 5.32 Å². The fourth-order valence-electron chi connectivity index (χ4n) is 5.17. The largest absolute Gasteiger partial charge is 0.481 e. The second kappa shape index (κ2) is 6.95. The van der Waals surface area contributed by atoms with E-state index in [0.29, 0.717) is 17.3 Å². The third-order valence-electron chi connectivity index (χ3n) is 6.92. The molecule has 5 nitrogen and oxygen atoms in total. The fraction of sp³-hybridized carbons (Fsp3) is 0.947. The Balaban J connectivity index is 0.00000243. The summed E-state index contributed by atoms with van der Waals surface area (Å²) in [6, 6.07) is 0. The number of nitrogens with two attached hydrogens (primary N) is 1. The lowest BCUT2D eigenvalue weighted by Crippen LogP contribution is -2.65. The highest BCUT2D eigenvalue weighted by Gasteiger charge is 2.68. The molecular weight excluding hydrogens is 350 g/mol. The average Bonchev–Trinajstić information content (AvgIpc) is 2.81. The molecule has 5 unspecified atom stereocenters. The Hall–Kier alpha value is -0.295. The van der Waals surface area contributed by atoms with Gasteiger partial charge < -0.3 is 20.4 Å². The van der Waals surface area contributed by atoms with Gasteiger partial charge in [0.15, 0.2) is 0 Å². The summed E-state index contributed by atoms with van der Waals surface area (Å²) in [5.41, 5.74) is 5.13. The summed E-state index contributed by atoms with van der Waals surface area (Å²) >= 11 is 0. The van der Waals surface area contributed by atoms with Crippen LogP contribution in [0.1, 0.15) is 67.7 Å². The van der Waals surface area contributed by atoms with Gasteiger partial charge in [0.05, 0.1) is 23.2 Å². The van der Waals surface area contributed by atoms with Crippen molar-refractivity contribution >= 4 is 25.4 Å². The first-order valence-electron chi connectivity index (χ1n) is 9.78. The van der Waals surface area contributed by atoms with Gasteiger partial charge in [-0.3, -0.25) is 4.79 Å². The molecule has 3 N–H and O–H groups in total.